The maximum Gasteiger partial charge on any atom is 0.407 e. The Kier molecular flexibility index (Phi) is 9.23. The highest BCUT2D eigenvalue weighted by Gasteiger charge is 2.29. The second-order valence-electron chi connectivity index (χ2n) is 10.2. The average molecular weight is 490 g/mol. The smallest absolute Gasteiger partial charge is 0.407 e. The number of piperidine rings is 1. The Bertz CT molecular complexity index is 892. The van der Waals surface area contributed by atoms with Crippen LogP contribution in [0, 0.1) is 5.92 Å². The highest BCUT2D eigenvalue weighted by Crippen LogP contribution is 2.33. The monoisotopic (exact) mass is 489 g/mol. The number of carbonyl (C=O) groups excluding carboxylic acids is 3. The minimum Gasteiger partial charge on any atom is -0.493 e. The number of amides is 3. The van der Waals surface area contributed by atoms with E-state index in [1.54, 1.807) is 51.0 Å². The first-order valence-electron chi connectivity index (χ1n) is 12.5. The van der Waals surface area contributed by atoms with Gasteiger partial charge in [0.2, 0.25) is 5.91 Å². The van der Waals surface area contributed by atoms with E-state index in [0.29, 0.717) is 43.1 Å². The zero-order valence-corrected chi connectivity index (χ0v) is 21.4. The van der Waals surface area contributed by atoms with Gasteiger partial charge in [0.25, 0.3) is 5.91 Å². The molecule has 0 spiro atoms. The Morgan fingerprint density at radius 3 is 2.40 bits per heavy atom. The lowest BCUT2D eigenvalue weighted by Gasteiger charge is -2.32. The summed E-state index contributed by atoms with van der Waals surface area (Å²) in [6, 6.07) is 5.29. The molecule has 9 nitrogen and oxygen atoms in total. The molecule has 2 aliphatic rings. The van der Waals surface area contributed by atoms with Crippen molar-refractivity contribution in [3.05, 3.63) is 23.8 Å². The first-order valence-corrected chi connectivity index (χ1v) is 12.5. The second-order valence-corrected chi connectivity index (χ2v) is 10.2. The van der Waals surface area contributed by atoms with Gasteiger partial charge in [0.15, 0.2) is 11.5 Å². The van der Waals surface area contributed by atoms with Crippen LogP contribution in [0.5, 0.6) is 11.5 Å². The highest BCUT2D eigenvalue weighted by molar-refractivity contribution is 5.95. The van der Waals surface area contributed by atoms with E-state index >= 15 is 0 Å². The summed E-state index contributed by atoms with van der Waals surface area (Å²) in [6.45, 7) is 6.89. The van der Waals surface area contributed by atoms with Gasteiger partial charge in [0, 0.05) is 31.7 Å². The molecule has 1 aromatic carbocycles. The van der Waals surface area contributed by atoms with Gasteiger partial charge in [0.1, 0.15) is 5.60 Å². The molecule has 3 rings (SSSR count). The van der Waals surface area contributed by atoms with Crippen LogP contribution in [0.15, 0.2) is 18.2 Å². The zero-order valence-electron chi connectivity index (χ0n) is 21.4. The maximum atomic E-state index is 13.2. The summed E-state index contributed by atoms with van der Waals surface area (Å²) in [4.78, 5) is 39.3. The van der Waals surface area contributed by atoms with Crippen LogP contribution in [0.1, 0.15) is 69.7 Å². The number of likely N-dealkylation sites (tertiary alicyclic amines) is 1. The molecule has 0 radical (unpaired) electrons. The zero-order chi connectivity index (χ0) is 25.4. The third-order valence-electron chi connectivity index (χ3n) is 6.18. The van der Waals surface area contributed by atoms with Gasteiger partial charge in [-0.15, -0.1) is 0 Å². The predicted octanol–water partition coefficient (Wildman–Crippen LogP) is 3.51. The van der Waals surface area contributed by atoms with Crippen LogP contribution >= 0.6 is 0 Å². The third kappa shape index (κ3) is 8.04. The normalized spacial score (nSPS) is 18.6. The van der Waals surface area contributed by atoms with Gasteiger partial charge in [-0.3, -0.25) is 9.59 Å². The molecular weight excluding hydrogens is 450 g/mol. The van der Waals surface area contributed by atoms with Gasteiger partial charge in [-0.05, 0) is 77.5 Å². The number of hydrogen-bond acceptors (Lipinski definition) is 6. The van der Waals surface area contributed by atoms with E-state index < -0.39 is 11.7 Å². The SMILES string of the molecule is COc1cc(C(=O)N2CCCC(C(=O)NCCNC(=O)OC(C)(C)C)C2)ccc1OC1CCCC1. The van der Waals surface area contributed by atoms with E-state index in [1.807, 2.05) is 0 Å². The van der Waals surface area contributed by atoms with Crippen molar-refractivity contribution in [2.75, 3.05) is 33.3 Å². The number of hydrogen-bond donors (Lipinski definition) is 2. The number of nitrogens with one attached hydrogen (secondary N) is 2. The Morgan fingerprint density at radius 1 is 1.00 bits per heavy atom. The van der Waals surface area contributed by atoms with Crippen molar-refractivity contribution in [2.24, 2.45) is 5.92 Å². The standard InChI is InChI=1S/C26H39N3O6/c1-26(2,3)35-25(32)28-14-13-27-23(30)19-8-7-15-29(17-19)24(31)18-11-12-21(22(16-18)33-4)34-20-9-5-6-10-20/h11-12,16,19-20H,5-10,13-15,17H2,1-4H3,(H,27,30)(H,28,32). The molecule has 9 heteroatoms. The van der Waals surface area contributed by atoms with E-state index in [-0.39, 0.29) is 30.4 Å². The first-order chi connectivity index (χ1) is 16.7. The van der Waals surface area contributed by atoms with E-state index in [9.17, 15) is 14.4 Å². The van der Waals surface area contributed by atoms with Crippen molar-refractivity contribution in [3.8, 4) is 11.5 Å². The van der Waals surface area contributed by atoms with E-state index in [4.69, 9.17) is 14.2 Å². The van der Waals surface area contributed by atoms with E-state index in [0.717, 1.165) is 19.3 Å². The fraction of sp³-hybridized carbons (Fsp3) is 0.654. The van der Waals surface area contributed by atoms with Crippen LogP contribution < -0.4 is 20.1 Å². The first kappa shape index (κ1) is 26.6. The van der Waals surface area contributed by atoms with Crippen molar-refractivity contribution in [1.82, 2.24) is 15.5 Å². The van der Waals surface area contributed by atoms with Gasteiger partial charge in [-0.2, -0.15) is 0 Å². The molecule has 1 saturated carbocycles. The van der Waals surface area contributed by atoms with E-state index in [2.05, 4.69) is 10.6 Å². The Balaban J connectivity index is 1.50. The molecule has 3 amide bonds. The van der Waals surface area contributed by atoms with Gasteiger partial charge in [-0.25, -0.2) is 4.79 Å². The number of nitrogens with zero attached hydrogens (tertiary/aromatic N) is 1. The predicted molar refractivity (Wildman–Crippen MR) is 132 cm³/mol. The summed E-state index contributed by atoms with van der Waals surface area (Å²) in [5.41, 5.74) is -0.0538. The van der Waals surface area contributed by atoms with Crippen molar-refractivity contribution < 1.29 is 28.6 Å². The number of ether oxygens (including phenoxy) is 3. The summed E-state index contributed by atoms with van der Waals surface area (Å²) in [6.07, 6.45) is 5.58. The summed E-state index contributed by atoms with van der Waals surface area (Å²) >= 11 is 0. The van der Waals surface area contributed by atoms with Gasteiger partial charge < -0.3 is 29.7 Å². The van der Waals surface area contributed by atoms with Crippen molar-refractivity contribution in [2.45, 2.75) is 71.0 Å². The van der Waals surface area contributed by atoms with Crippen LogP contribution in [0.2, 0.25) is 0 Å². The molecule has 1 unspecified atom stereocenters. The lowest BCUT2D eigenvalue weighted by molar-refractivity contribution is -0.126. The molecule has 2 N–H and O–H groups in total. The number of alkyl carbamates (subject to hydrolysis) is 1. The highest BCUT2D eigenvalue weighted by atomic mass is 16.6. The van der Waals surface area contributed by atoms with Crippen molar-refractivity contribution >= 4 is 17.9 Å². The minimum absolute atomic E-state index is 0.119. The molecule has 1 aliphatic heterocycles. The number of benzene rings is 1. The van der Waals surface area contributed by atoms with Crippen molar-refractivity contribution in [3.63, 3.8) is 0 Å². The number of methoxy groups -OCH3 is 1. The average Bonchev–Trinajstić information content (AvgIpc) is 3.33. The molecule has 1 aliphatic carbocycles. The minimum atomic E-state index is -0.571. The van der Waals surface area contributed by atoms with Crippen LogP contribution in [0.4, 0.5) is 4.79 Å². The van der Waals surface area contributed by atoms with Gasteiger partial charge in [0.05, 0.1) is 19.1 Å². The molecule has 35 heavy (non-hydrogen) atoms. The molecule has 1 heterocycles. The third-order valence-corrected chi connectivity index (χ3v) is 6.18. The molecule has 0 bridgehead atoms. The fourth-order valence-corrected chi connectivity index (χ4v) is 4.45. The van der Waals surface area contributed by atoms with Crippen LogP contribution in [0.25, 0.3) is 0 Å². The topological polar surface area (TPSA) is 106 Å². The summed E-state index contributed by atoms with van der Waals surface area (Å²) in [5, 5.41) is 5.47. The summed E-state index contributed by atoms with van der Waals surface area (Å²) in [5.74, 6) is 0.672. The number of carbonyl (C=O) groups is 3. The lowest BCUT2D eigenvalue weighted by atomic mass is 9.96. The molecule has 1 aromatic rings. The lowest BCUT2D eigenvalue weighted by Crippen LogP contribution is -2.46. The Morgan fingerprint density at radius 2 is 1.71 bits per heavy atom. The van der Waals surface area contributed by atoms with Gasteiger partial charge >= 0.3 is 6.09 Å². The molecule has 1 saturated heterocycles. The van der Waals surface area contributed by atoms with Crippen LogP contribution in [-0.4, -0.2) is 67.8 Å². The van der Waals surface area contributed by atoms with Crippen LogP contribution in [-0.2, 0) is 9.53 Å². The fourth-order valence-electron chi connectivity index (χ4n) is 4.45. The number of rotatable bonds is 8. The second kappa shape index (κ2) is 12.1. The molecular formula is C26H39N3O6. The van der Waals surface area contributed by atoms with Crippen molar-refractivity contribution in [1.29, 1.82) is 0 Å². The Hall–Kier alpha value is -2.97. The summed E-state index contributed by atoms with van der Waals surface area (Å²) < 4.78 is 16.7. The molecule has 194 valence electrons. The van der Waals surface area contributed by atoms with E-state index in [1.165, 1.54) is 12.8 Å². The molecule has 1 atom stereocenters. The quantitative estimate of drug-likeness (QED) is 0.542. The maximum absolute atomic E-state index is 13.2. The van der Waals surface area contributed by atoms with Crippen LogP contribution in [0.3, 0.4) is 0 Å². The van der Waals surface area contributed by atoms with Gasteiger partial charge in [-0.1, -0.05) is 0 Å². The molecule has 2 fully saturated rings. The largest absolute Gasteiger partial charge is 0.493 e. The molecule has 0 aromatic heterocycles. The Labute approximate surface area is 207 Å². The summed E-state index contributed by atoms with van der Waals surface area (Å²) in [7, 11) is 1.57.